The van der Waals surface area contributed by atoms with Crippen molar-refractivity contribution >= 4 is 11.6 Å². The van der Waals surface area contributed by atoms with Gasteiger partial charge in [0.2, 0.25) is 0 Å². The van der Waals surface area contributed by atoms with Crippen LogP contribution in [0.25, 0.3) is 0 Å². The van der Waals surface area contributed by atoms with Gasteiger partial charge in [-0.1, -0.05) is 12.1 Å². The number of benzene rings is 1. The SMILES string of the molecule is N#Cc1cccc(C2C3=C(CCC3=O)NC3=C2C(=O)CC3)c1. The molecule has 1 N–H and O–H groups in total. The molecule has 0 spiro atoms. The van der Waals surface area contributed by atoms with Gasteiger partial charge in [-0.25, -0.2) is 0 Å². The molecule has 1 heterocycles. The number of nitrogens with one attached hydrogen (secondary N) is 1. The second-order valence-electron chi connectivity index (χ2n) is 5.93. The van der Waals surface area contributed by atoms with E-state index >= 15 is 0 Å². The van der Waals surface area contributed by atoms with E-state index in [0.29, 0.717) is 31.2 Å². The number of rotatable bonds is 1. The van der Waals surface area contributed by atoms with E-state index in [0.717, 1.165) is 28.1 Å². The zero-order chi connectivity index (χ0) is 15.3. The zero-order valence-corrected chi connectivity index (χ0v) is 12.0. The van der Waals surface area contributed by atoms with Crippen LogP contribution in [0.15, 0.2) is 46.8 Å². The van der Waals surface area contributed by atoms with Crippen molar-refractivity contribution in [2.45, 2.75) is 31.6 Å². The third-order valence-corrected chi connectivity index (χ3v) is 4.68. The molecule has 0 saturated heterocycles. The molecular weight excluding hydrogens is 276 g/mol. The summed E-state index contributed by atoms with van der Waals surface area (Å²) in [6.45, 7) is 0. The Hall–Kier alpha value is -2.67. The fourth-order valence-electron chi connectivity index (χ4n) is 3.73. The van der Waals surface area contributed by atoms with Crippen molar-refractivity contribution in [2.24, 2.45) is 0 Å². The molecule has 2 aliphatic carbocycles. The van der Waals surface area contributed by atoms with Gasteiger partial charge in [0, 0.05) is 41.3 Å². The average Bonchev–Trinajstić information content (AvgIpc) is 3.10. The van der Waals surface area contributed by atoms with Gasteiger partial charge in [-0.05, 0) is 30.5 Å². The summed E-state index contributed by atoms with van der Waals surface area (Å²) in [6.07, 6.45) is 2.43. The second-order valence-corrected chi connectivity index (χ2v) is 5.93. The summed E-state index contributed by atoms with van der Waals surface area (Å²) in [5.74, 6) is -0.0771. The Kier molecular flexibility index (Phi) is 2.77. The molecule has 1 aliphatic heterocycles. The van der Waals surface area contributed by atoms with Gasteiger partial charge < -0.3 is 5.32 Å². The molecule has 1 aromatic rings. The summed E-state index contributed by atoms with van der Waals surface area (Å²) in [5.41, 5.74) is 4.80. The van der Waals surface area contributed by atoms with Crippen molar-refractivity contribution in [3.63, 3.8) is 0 Å². The summed E-state index contributed by atoms with van der Waals surface area (Å²) in [5, 5.41) is 12.4. The highest BCUT2D eigenvalue weighted by atomic mass is 16.1. The molecule has 108 valence electrons. The number of carbonyl (C=O) groups excluding carboxylic acids is 2. The number of nitriles is 1. The normalized spacial score (nSPS) is 20.9. The van der Waals surface area contributed by atoms with E-state index in [1.807, 2.05) is 12.1 Å². The number of Topliss-reactive ketones (excluding diaryl/α,β-unsaturated/α-hetero) is 2. The van der Waals surface area contributed by atoms with Gasteiger partial charge >= 0.3 is 0 Å². The van der Waals surface area contributed by atoms with Gasteiger partial charge in [0.05, 0.1) is 11.6 Å². The fourth-order valence-corrected chi connectivity index (χ4v) is 3.73. The Labute approximate surface area is 128 Å². The van der Waals surface area contributed by atoms with Crippen LogP contribution < -0.4 is 5.32 Å². The van der Waals surface area contributed by atoms with Gasteiger partial charge in [0.25, 0.3) is 0 Å². The predicted octanol–water partition coefficient (Wildman–Crippen LogP) is 2.48. The number of carbonyl (C=O) groups is 2. The summed E-state index contributed by atoms with van der Waals surface area (Å²) >= 11 is 0. The minimum atomic E-state index is -0.301. The van der Waals surface area contributed by atoms with E-state index in [4.69, 9.17) is 5.26 Å². The molecule has 0 radical (unpaired) electrons. The molecule has 0 unspecified atom stereocenters. The second kappa shape index (κ2) is 4.67. The Morgan fingerprint density at radius 1 is 1.00 bits per heavy atom. The number of dihydropyridines is 1. The summed E-state index contributed by atoms with van der Waals surface area (Å²) < 4.78 is 0. The molecule has 4 heteroatoms. The maximum Gasteiger partial charge on any atom is 0.161 e. The maximum atomic E-state index is 12.3. The lowest BCUT2D eigenvalue weighted by Crippen LogP contribution is -2.26. The van der Waals surface area contributed by atoms with Gasteiger partial charge in [0.1, 0.15) is 0 Å². The van der Waals surface area contributed by atoms with E-state index in [1.165, 1.54) is 0 Å². The molecular formula is C18H14N2O2. The minimum absolute atomic E-state index is 0.112. The summed E-state index contributed by atoms with van der Waals surface area (Å²) in [7, 11) is 0. The Bertz CT molecular complexity index is 784. The average molecular weight is 290 g/mol. The lowest BCUT2D eigenvalue weighted by atomic mass is 9.80. The van der Waals surface area contributed by atoms with Gasteiger partial charge in [0.15, 0.2) is 11.6 Å². The minimum Gasteiger partial charge on any atom is -0.362 e. The van der Waals surface area contributed by atoms with Crippen LogP contribution in [-0.2, 0) is 9.59 Å². The number of hydrogen-bond donors (Lipinski definition) is 1. The zero-order valence-electron chi connectivity index (χ0n) is 12.0. The predicted molar refractivity (Wildman–Crippen MR) is 79.6 cm³/mol. The van der Waals surface area contributed by atoms with Crippen LogP contribution in [0, 0.1) is 11.3 Å². The van der Waals surface area contributed by atoms with Crippen LogP contribution >= 0.6 is 0 Å². The van der Waals surface area contributed by atoms with Crippen molar-refractivity contribution in [3.05, 3.63) is 57.9 Å². The first-order valence-electron chi connectivity index (χ1n) is 7.48. The molecule has 1 aromatic carbocycles. The molecule has 3 aliphatic rings. The Balaban J connectivity index is 1.91. The molecule has 0 bridgehead atoms. The van der Waals surface area contributed by atoms with Crippen molar-refractivity contribution in [2.75, 3.05) is 0 Å². The highest BCUT2D eigenvalue weighted by Gasteiger charge is 2.42. The topological polar surface area (TPSA) is 70.0 Å². The van der Waals surface area contributed by atoms with Gasteiger partial charge in [-0.2, -0.15) is 5.26 Å². The monoisotopic (exact) mass is 290 g/mol. The highest BCUT2D eigenvalue weighted by Crippen LogP contribution is 2.46. The van der Waals surface area contributed by atoms with Crippen molar-refractivity contribution in [1.29, 1.82) is 5.26 Å². The van der Waals surface area contributed by atoms with E-state index in [-0.39, 0.29) is 17.5 Å². The third-order valence-electron chi connectivity index (χ3n) is 4.68. The highest BCUT2D eigenvalue weighted by molar-refractivity contribution is 6.08. The molecule has 22 heavy (non-hydrogen) atoms. The van der Waals surface area contributed by atoms with Gasteiger partial charge in [-0.15, -0.1) is 0 Å². The quantitative estimate of drug-likeness (QED) is 0.862. The molecule has 0 fully saturated rings. The van der Waals surface area contributed by atoms with Crippen LogP contribution in [0.4, 0.5) is 0 Å². The molecule has 0 aromatic heterocycles. The van der Waals surface area contributed by atoms with Crippen LogP contribution in [0.2, 0.25) is 0 Å². The number of hydrogen-bond acceptors (Lipinski definition) is 4. The Morgan fingerprint density at radius 3 is 2.23 bits per heavy atom. The number of allylic oxidation sites excluding steroid dienone is 4. The summed E-state index contributed by atoms with van der Waals surface area (Å²) in [6, 6.07) is 9.38. The Morgan fingerprint density at radius 2 is 1.64 bits per heavy atom. The largest absolute Gasteiger partial charge is 0.362 e. The first-order valence-corrected chi connectivity index (χ1v) is 7.48. The van der Waals surface area contributed by atoms with Crippen LogP contribution in [0.1, 0.15) is 42.7 Å². The molecule has 4 rings (SSSR count). The first kappa shape index (κ1) is 13.0. The fraction of sp³-hybridized carbons (Fsp3) is 0.278. The van der Waals surface area contributed by atoms with E-state index in [2.05, 4.69) is 11.4 Å². The van der Waals surface area contributed by atoms with E-state index in [9.17, 15) is 9.59 Å². The lowest BCUT2D eigenvalue weighted by molar-refractivity contribution is -0.115. The lowest BCUT2D eigenvalue weighted by Gasteiger charge is -2.27. The van der Waals surface area contributed by atoms with Gasteiger partial charge in [-0.3, -0.25) is 9.59 Å². The third kappa shape index (κ3) is 1.75. The molecule has 0 saturated carbocycles. The van der Waals surface area contributed by atoms with Crippen molar-refractivity contribution in [3.8, 4) is 6.07 Å². The standard InChI is InChI=1S/C18H14N2O2/c19-9-10-2-1-3-11(8-10)16-17-12(4-6-14(17)21)20-13-5-7-15(22)18(13)16/h1-3,8,16,20H,4-7H2. The van der Waals surface area contributed by atoms with Crippen LogP contribution in [0.5, 0.6) is 0 Å². The molecule has 0 atom stereocenters. The smallest absolute Gasteiger partial charge is 0.161 e. The van der Waals surface area contributed by atoms with Crippen LogP contribution in [-0.4, -0.2) is 11.6 Å². The van der Waals surface area contributed by atoms with E-state index in [1.54, 1.807) is 12.1 Å². The van der Waals surface area contributed by atoms with Crippen LogP contribution in [0.3, 0.4) is 0 Å². The molecule has 0 amide bonds. The summed E-state index contributed by atoms with van der Waals surface area (Å²) in [4.78, 5) is 24.7. The van der Waals surface area contributed by atoms with E-state index < -0.39 is 0 Å². The van der Waals surface area contributed by atoms with Crippen molar-refractivity contribution in [1.82, 2.24) is 5.32 Å². The number of ketones is 2. The van der Waals surface area contributed by atoms with Crippen molar-refractivity contribution < 1.29 is 9.59 Å². The molecule has 4 nitrogen and oxygen atoms in total. The first-order chi connectivity index (χ1) is 10.7. The number of nitrogens with zero attached hydrogens (tertiary/aromatic N) is 1. The maximum absolute atomic E-state index is 12.3.